The molecule has 2 heterocycles. The van der Waals surface area contributed by atoms with Gasteiger partial charge in [0.05, 0.1) is 0 Å². The third kappa shape index (κ3) is 3.20. The topological polar surface area (TPSA) is 37.0 Å². The zero-order valence-electron chi connectivity index (χ0n) is 9.29. The summed E-state index contributed by atoms with van der Waals surface area (Å²) in [6.07, 6.45) is 5.74. The first kappa shape index (κ1) is 10.4. The Bertz CT molecular complexity index is 288. The minimum Gasteiger partial charge on any atom is -0.370 e. The van der Waals surface area contributed by atoms with Crippen molar-refractivity contribution in [3.05, 3.63) is 23.9 Å². The molecule has 0 radical (unpaired) electrons. The molecule has 0 unspecified atom stereocenters. The van der Waals surface area contributed by atoms with E-state index in [1.54, 1.807) is 0 Å². The third-order valence-corrected chi connectivity index (χ3v) is 2.87. The number of hydrogen-bond donors (Lipinski definition) is 2. The Hall–Kier alpha value is -1.09. The summed E-state index contributed by atoms with van der Waals surface area (Å²) in [6, 6.07) is 4.84. The van der Waals surface area contributed by atoms with Crippen LogP contribution in [0.15, 0.2) is 18.3 Å². The lowest BCUT2D eigenvalue weighted by molar-refractivity contribution is 0.574. The minimum absolute atomic E-state index is 0.711. The standard InChI is InChI=1S/C12H19N3/c1-10-4-5-12(15-9-10)14-8-6-11-3-2-7-13-11/h4-5,9,11,13H,2-3,6-8H2,1H3,(H,14,15)/t11-/m1/s1. The lowest BCUT2D eigenvalue weighted by atomic mass is 10.1. The van der Waals surface area contributed by atoms with Crippen LogP contribution in [-0.4, -0.2) is 24.1 Å². The van der Waals surface area contributed by atoms with Crippen LogP contribution >= 0.6 is 0 Å². The van der Waals surface area contributed by atoms with Crippen LogP contribution in [0, 0.1) is 6.92 Å². The van der Waals surface area contributed by atoms with Crippen LogP contribution in [0.3, 0.4) is 0 Å². The van der Waals surface area contributed by atoms with E-state index in [0.717, 1.165) is 12.4 Å². The molecule has 3 nitrogen and oxygen atoms in total. The lowest BCUT2D eigenvalue weighted by Gasteiger charge is -2.10. The van der Waals surface area contributed by atoms with Crippen molar-refractivity contribution in [1.29, 1.82) is 0 Å². The van der Waals surface area contributed by atoms with Gasteiger partial charge in [0.15, 0.2) is 0 Å². The molecule has 0 amide bonds. The fraction of sp³-hybridized carbons (Fsp3) is 0.583. The van der Waals surface area contributed by atoms with E-state index in [9.17, 15) is 0 Å². The van der Waals surface area contributed by atoms with Crippen LogP contribution < -0.4 is 10.6 Å². The van der Waals surface area contributed by atoms with Crippen LogP contribution in [-0.2, 0) is 0 Å². The fourth-order valence-corrected chi connectivity index (χ4v) is 1.95. The van der Waals surface area contributed by atoms with Crippen molar-refractivity contribution in [2.75, 3.05) is 18.4 Å². The Labute approximate surface area is 91.3 Å². The van der Waals surface area contributed by atoms with Crippen molar-refractivity contribution in [3.63, 3.8) is 0 Å². The Balaban J connectivity index is 1.71. The van der Waals surface area contributed by atoms with Gasteiger partial charge in [-0.25, -0.2) is 4.98 Å². The first-order valence-corrected chi connectivity index (χ1v) is 5.74. The van der Waals surface area contributed by atoms with Gasteiger partial charge in [-0.1, -0.05) is 6.07 Å². The van der Waals surface area contributed by atoms with Crippen LogP contribution in [0.1, 0.15) is 24.8 Å². The number of rotatable bonds is 4. The quantitative estimate of drug-likeness (QED) is 0.789. The number of nitrogens with one attached hydrogen (secondary N) is 2. The average Bonchev–Trinajstić information content (AvgIpc) is 2.74. The van der Waals surface area contributed by atoms with Gasteiger partial charge in [0, 0.05) is 18.8 Å². The number of aromatic nitrogens is 1. The zero-order valence-corrected chi connectivity index (χ0v) is 9.29. The molecule has 0 bridgehead atoms. The van der Waals surface area contributed by atoms with Crippen molar-refractivity contribution in [2.24, 2.45) is 0 Å². The normalized spacial score (nSPS) is 20.5. The first-order chi connectivity index (χ1) is 7.34. The van der Waals surface area contributed by atoms with Gasteiger partial charge >= 0.3 is 0 Å². The molecule has 2 N–H and O–H groups in total. The Morgan fingerprint density at radius 1 is 1.53 bits per heavy atom. The van der Waals surface area contributed by atoms with E-state index in [1.165, 1.54) is 31.4 Å². The molecule has 1 saturated heterocycles. The van der Waals surface area contributed by atoms with E-state index >= 15 is 0 Å². The van der Waals surface area contributed by atoms with Gasteiger partial charge in [-0.05, 0) is 44.4 Å². The summed E-state index contributed by atoms with van der Waals surface area (Å²) in [6.45, 7) is 4.25. The van der Waals surface area contributed by atoms with Gasteiger partial charge in [0.1, 0.15) is 5.82 Å². The number of pyridine rings is 1. The second-order valence-corrected chi connectivity index (χ2v) is 4.23. The predicted octanol–water partition coefficient (Wildman–Crippen LogP) is 1.94. The molecule has 1 fully saturated rings. The number of aryl methyl sites for hydroxylation is 1. The number of hydrogen-bond acceptors (Lipinski definition) is 3. The Kier molecular flexibility index (Phi) is 3.56. The largest absolute Gasteiger partial charge is 0.370 e. The van der Waals surface area contributed by atoms with Gasteiger partial charge < -0.3 is 10.6 Å². The molecule has 15 heavy (non-hydrogen) atoms. The first-order valence-electron chi connectivity index (χ1n) is 5.74. The van der Waals surface area contributed by atoms with Gasteiger partial charge in [0.2, 0.25) is 0 Å². The molecule has 1 aromatic heterocycles. The second kappa shape index (κ2) is 5.12. The maximum atomic E-state index is 4.31. The predicted molar refractivity (Wildman–Crippen MR) is 63.1 cm³/mol. The average molecular weight is 205 g/mol. The summed E-state index contributed by atoms with van der Waals surface area (Å²) in [5.41, 5.74) is 1.21. The third-order valence-electron chi connectivity index (χ3n) is 2.87. The number of anilines is 1. The highest BCUT2D eigenvalue weighted by Gasteiger charge is 2.12. The molecule has 1 aliphatic heterocycles. The fourth-order valence-electron chi connectivity index (χ4n) is 1.95. The van der Waals surface area contributed by atoms with E-state index < -0.39 is 0 Å². The highest BCUT2D eigenvalue weighted by Crippen LogP contribution is 2.09. The molecule has 2 rings (SSSR count). The zero-order chi connectivity index (χ0) is 10.5. The van der Waals surface area contributed by atoms with Gasteiger partial charge in [-0.3, -0.25) is 0 Å². The van der Waals surface area contributed by atoms with E-state index in [-0.39, 0.29) is 0 Å². The molecular formula is C12H19N3. The monoisotopic (exact) mass is 205 g/mol. The molecule has 1 aromatic rings. The summed E-state index contributed by atoms with van der Waals surface area (Å²) in [7, 11) is 0. The number of nitrogens with zero attached hydrogens (tertiary/aromatic N) is 1. The van der Waals surface area contributed by atoms with E-state index in [0.29, 0.717) is 6.04 Å². The van der Waals surface area contributed by atoms with Gasteiger partial charge in [-0.15, -0.1) is 0 Å². The van der Waals surface area contributed by atoms with E-state index in [1.807, 2.05) is 12.3 Å². The molecule has 0 spiro atoms. The van der Waals surface area contributed by atoms with Gasteiger partial charge in [-0.2, -0.15) is 0 Å². The summed E-state index contributed by atoms with van der Waals surface area (Å²) < 4.78 is 0. The van der Waals surface area contributed by atoms with E-state index in [2.05, 4.69) is 28.6 Å². The van der Waals surface area contributed by atoms with Crippen molar-refractivity contribution < 1.29 is 0 Å². The highest BCUT2D eigenvalue weighted by atomic mass is 15.0. The minimum atomic E-state index is 0.711. The van der Waals surface area contributed by atoms with E-state index in [4.69, 9.17) is 0 Å². The maximum absolute atomic E-state index is 4.31. The molecule has 1 atom stereocenters. The summed E-state index contributed by atoms with van der Waals surface area (Å²) >= 11 is 0. The van der Waals surface area contributed by atoms with Crippen LogP contribution in [0.2, 0.25) is 0 Å². The van der Waals surface area contributed by atoms with Crippen LogP contribution in [0.5, 0.6) is 0 Å². The SMILES string of the molecule is Cc1ccc(NCC[C@H]2CCCN2)nc1. The van der Waals surface area contributed by atoms with Crippen molar-refractivity contribution in [3.8, 4) is 0 Å². The molecule has 82 valence electrons. The Morgan fingerprint density at radius 2 is 2.47 bits per heavy atom. The molecule has 0 aromatic carbocycles. The smallest absolute Gasteiger partial charge is 0.125 e. The van der Waals surface area contributed by atoms with Crippen LogP contribution in [0.4, 0.5) is 5.82 Å². The molecule has 0 aliphatic carbocycles. The summed E-state index contributed by atoms with van der Waals surface area (Å²) in [5.74, 6) is 0.985. The summed E-state index contributed by atoms with van der Waals surface area (Å²) in [5, 5.41) is 6.84. The molecular weight excluding hydrogens is 186 g/mol. The van der Waals surface area contributed by atoms with Gasteiger partial charge in [0.25, 0.3) is 0 Å². The summed E-state index contributed by atoms with van der Waals surface area (Å²) in [4.78, 5) is 4.31. The Morgan fingerprint density at radius 3 is 3.13 bits per heavy atom. The second-order valence-electron chi connectivity index (χ2n) is 4.23. The van der Waals surface area contributed by atoms with Crippen molar-refractivity contribution >= 4 is 5.82 Å². The lowest BCUT2D eigenvalue weighted by Crippen LogP contribution is -2.24. The molecule has 1 aliphatic rings. The highest BCUT2D eigenvalue weighted by molar-refractivity contribution is 5.34. The van der Waals surface area contributed by atoms with Crippen molar-refractivity contribution in [2.45, 2.75) is 32.2 Å². The molecule has 0 saturated carbocycles. The molecule has 3 heteroatoms. The van der Waals surface area contributed by atoms with Crippen molar-refractivity contribution in [1.82, 2.24) is 10.3 Å². The van der Waals surface area contributed by atoms with Crippen LogP contribution in [0.25, 0.3) is 0 Å². The maximum Gasteiger partial charge on any atom is 0.125 e.